The predicted octanol–water partition coefficient (Wildman–Crippen LogP) is 5.00. The highest BCUT2D eigenvalue weighted by atomic mass is 35.5. The fourth-order valence-corrected chi connectivity index (χ4v) is 2.86. The molecule has 1 heteroatoms. The Balaban J connectivity index is 2.70. The van der Waals surface area contributed by atoms with Gasteiger partial charge < -0.3 is 0 Å². The maximum absolute atomic E-state index is 6.27. The lowest BCUT2D eigenvalue weighted by Gasteiger charge is -2.42. The molecule has 0 spiro atoms. The summed E-state index contributed by atoms with van der Waals surface area (Å²) in [6.07, 6.45) is 2.50. The van der Waals surface area contributed by atoms with Gasteiger partial charge in [0.25, 0.3) is 0 Å². The summed E-state index contributed by atoms with van der Waals surface area (Å²) in [5.41, 5.74) is 4.69. The van der Waals surface area contributed by atoms with Gasteiger partial charge in [0.05, 0.1) is 0 Å². The van der Waals surface area contributed by atoms with Crippen molar-refractivity contribution in [2.24, 2.45) is 0 Å². The first-order valence-electron chi connectivity index (χ1n) is 6.05. The molecule has 0 amide bonds. The van der Waals surface area contributed by atoms with Gasteiger partial charge in [-0.1, -0.05) is 45.4 Å². The van der Waals surface area contributed by atoms with E-state index in [0.29, 0.717) is 5.41 Å². The third kappa shape index (κ3) is 1.78. The smallest absolute Gasteiger partial charge is 0.0438 e. The lowest BCUT2D eigenvalue weighted by molar-refractivity contribution is 0.331. The molecular weight excluding hydrogens is 216 g/mol. The SMILES string of the molecule is Cc1cc2c(cc1Cl)C(C)(C)CCC2(C)C. The summed E-state index contributed by atoms with van der Waals surface area (Å²) >= 11 is 6.27. The molecule has 1 aliphatic carbocycles. The van der Waals surface area contributed by atoms with Crippen LogP contribution in [-0.4, -0.2) is 0 Å². The summed E-state index contributed by atoms with van der Waals surface area (Å²) < 4.78 is 0. The van der Waals surface area contributed by atoms with Crippen molar-refractivity contribution >= 4 is 11.6 Å². The number of hydrogen-bond acceptors (Lipinski definition) is 0. The van der Waals surface area contributed by atoms with Crippen molar-refractivity contribution in [2.45, 2.75) is 58.3 Å². The Morgan fingerprint density at radius 1 is 0.938 bits per heavy atom. The first-order chi connectivity index (χ1) is 7.24. The van der Waals surface area contributed by atoms with E-state index in [4.69, 9.17) is 11.6 Å². The number of rotatable bonds is 0. The molecule has 0 fully saturated rings. The van der Waals surface area contributed by atoms with Gasteiger partial charge in [-0.15, -0.1) is 0 Å². The van der Waals surface area contributed by atoms with Gasteiger partial charge in [-0.3, -0.25) is 0 Å². The Morgan fingerprint density at radius 3 is 1.88 bits per heavy atom. The molecule has 0 atom stereocenters. The Labute approximate surface area is 104 Å². The van der Waals surface area contributed by atoms with Crippen LogP contribution in [0.1, 0.15) is 57.2 Å². The first-order valence-corrected chi connectivity index (χ1v) is 6.43. The highest BCUT2D eigenvalue weighted by Gasteiger charge is 2.37. The summed E-state index contributed by atoms with van der Waals surface area (Å²) in [6, 6.07) is 4.48. The molecule has 0 saturated heterocycles. The second kappa shape index (κ2) is 3.50. The largest absolute Gasteiger partial charge is 0.0840 e. The number of fused-ring (bicyclic) bond motifs is 1. The number of benzene rings is 1. The predicted molar refractivity (Wildman–Crippen MR) is 71.5 cm³/mol. The molecule has 0 radical (unpaired) electrons. The minimum atomic E-state index is 0.266. The Hall–Kier alpha value is -0.490. The van der Waals surface area contributed by atoms with Crippen molar-refractivity contribution in [1.29, 1.82) is 0 Å². The fraction of sp³-hybridized carbons (Fsp3) is 0.600. The molecule has 88 valence electrons. The Bertz CT molecular complexity index is 386. The summed E-state index contributed by atoms with van der Waals surface area (Å²) in [7, 11) is 0. The molecule has 0 nitrogen and oxygen atoms in total. The van der Waals surface area contributed by atoms with Gasteiger partial charge in [0.1, 0.15) is 0 Å². The zero-order valence-corrected chi connectivity index (χ0v) is 11.7. The Morgan fingerprint density at radius 2 is 1.38 bits per heavy atom. The van der Waals surface area contributed by atoms with Crippen LogP contribution in [0.5, 0.6) is 0 Å². The van der Waals surface area contributed by atoms with Crippen molar-refractivity contribution in [2.75, 3.05) is 0 Å². The van der Waals surface area contributed by atoms with Gasteiger partial charge >= 0.3 is 0 Å². The van der Waals surface area contributed by atoms with Gasteiger partial charge in [0, 0.05) is 5.02 Å². The van der Waals surface area contributed by atoms with E-state index in [9.17, 15) is 0 Å². The molecule has 1 aromatic carbocycles. The number of hydrogen-bond donors (Lipinski definition) is 0. The van der Waals surface area contributed by atoms with Crippen LogP contribution in [0.3, 0.4) is 0 Å². The molecule has 0 unspecified atom stereocenters. The van der Waals surface area contributed by atoms with Crippen LogP contribution in [0.15, 0.2) is 12.1 Å². The highest BCUT2D eigenvalue weighted by Crippen LogP contribution is 2.46. The minimum Gasteiger partial charge on any atom is -0.0840 e. The topological polar surface area (TPSA) is 0 Å². The standard InChI is InChI=1S/C15H21Cl/c1-10-8-11-12(9-13(10)16)15(4,5)7-6-14(11,2)3/h8-9H,6-7H2,1-5H3. The molecule has 16 heavy (non-hydrogen) atoms. The second-order valence-electron chi connectivity index (χ2n) is 6.41. The molecule has 0 bridgehead atoms. The monoisotopic (exact) mass is 236 g/mol. The Kier molecular flexibility index (Phi) is 2.62. The third-order valence-electron chi connectivity index (χ3n) is 4.13. The van der Waals surface area contributed by atoms with E-state index in [1.54, 1.807) is 0 Å². The quantitative estimate of drug-likeness (QED) is 0.595. The first kappa shape index (κ1) is 12.0. The molecular formula is C15H21Cl. The fourth-order valence-electron chi connectivity index (χ4n) is 2.70. The summed E-state index contributed by atoms with van der Waals surface area (Å²) in [6.45, 7) is 11.4. The molecule has 0 saturated carbocycles. The van der Waals surface area contributed by atoms with Crippen LogP contribution < -0.4 is 0 Å². The van der Waals surface area contributed by atoms with Crippen LogP contribution in [-0.2, 0) is 10.8 Å². The third-order valence-corrected chi connectivity index (χ3v) is 4.54. The van der Waals surface area contributed by atoms with E-state index >= 15 is 0 Å². The molecule has 2 rings (SSSR count). The average Bonchev–Trinajstić information content (AvgIpc) is 2.17. The van der Waals surface area contributed by atoms with Crippen molar-refractivity contribution in [1.82, 2.24) is 0 Å². The normalized spacial score (nSPS) is 21.6. The van der Waals surface area contributed by atoms with Crippen LogP contribution >= 0.6 is 11.6 Å². The van der Waals surface area contributed by atoms with E-state index in [-0.39, 0.29) is 5.41 Å². The number of aryl methyl sites for hydroxylation is 1. The molecule has 1 aliphatic rings. The van der Waals surface area contributed by atoms with E-state index in [1.807, 2.05) is 0 Å². The van der Waals surface area contributed by atoms with Crippen molar-refractivity contribution in [3.05, 3.63) is 33.8 Å². The molecule has 0 N–H and O–H groups in total. The number of halogens is 1. The summed E-state index contributed by atoms with van der Waals surface area (Å²) in [5, 5.41) is 0.907. The van der Waals surface area contributed by atoms with Crippen molar-refractivity contribution < 1.29 is 0 Å². The van der Waals surface area contributed by atoms with Crippen LogP contribution in [0.25, 0.3) is 0 Å². The lowest BCUT2D eigenvalue weighted by Crippen LogP contribution is -2.33. The van der Waals surface area contributed by atoms with E-state index < -0.39 is 0 Å². The zero-order valence-electron chi connectivity index (χ0n) is 10.9. The molecule has 0 heterocycles. The van der Waals surface area contributed by atoms with Gasteiger partial charge in [0.15, 0.2) is 0 Å². The van der Waals surface area contributed by atoms with E-state index in [1.165, 1.54) is 29.5 Å². The maximum Gasteiger partial charge on any atom is 0.0438 e. The molecule has 1 aromatic rings. The van der Waals surface area contributed by atoms with Crippen LogP contribution in [0, 0.1) is 6.92 Å². The summed E-state index contributed by atoms with van der Waals surface area (Å²) in [4.78, 5) is 0. The van der Waals surface area contributed by atoms with E-state index in [0.717, 1.165) is 5.02 Å². The summed E-state index contributed by atoms with van der Waals surface area (Å²) in [5.74, 6) is 0. The van der Waals surface area contributed by atoms with E-state index in [2.05, 4.69) is 46.8 Å². The average molecular weight is 237 g/mol. The van der Waals surface area contributed by atoms with Crippen LogP contribution in [0.4, 0.5) is 0 Å². The van der Waals surface area contributed by atoms with Gasteiger partial charge in [-0.2, -0.15) is 0 Å². The molecule has 0 aliphatic heterocycles. The highest BCUT2D eigenvalue weighted by molar-refractivity contribution is 6.31. The maximum atomic E-state index is 6.27. The van der Waals surface area contributed by atoms with Crippen molar-refractivity contribution in [3.63, 3.8) is 0 Å². The lowest BCUT2D eigenvalue weighted by atomic mass is 9.63. The minimum absolute atomic E-state index is 0.266. The van der Waals surface area contributed by atoms with Gasteiger partial charge in [0.2, 0.25) is 0 Å². The second-order valence-corrected chi connectivity index (χ2v) is 6.82. The van der Waals surface area contributed by atoms with Gasteiger partial charge in [-0.05, 0) is 53.4 Å². The zero-order chi connectivity index (χ0) is 12.1. The van der Waals surface area contributed by atoms with Gasteiger partial charge in [-0.25, -0.2) is 0 Å². The molecule has 0 aromatic heterocycles. The van der Waals surface area contributed by atoms with Crippen LogP contribution in [0.2, 0.25) is 5.02 Å². The van der Waals surface area contributed by atoms with Crippen molar-refractivity contribution in [3.8, 4) is 0 Å².